The molecule has 3 aliphatic rings. The van der Waals surface area contributed by atoms with Crippen molar-refractivity contribution in [2.75, 3.05) is 11.9 Å². The molecule has 1 aromatic carbocycles. The lowest BCUT2D eigenvalue weighted by molar-refractivity contribution is -0.145. The first-order valence-electron chi connectivity index (χ1n) is 9.04. The molecule has 0 bridgehead atoms. The summed E-state index contributed by atoms with van der Waals surface area (Å²) in [6, 6.07) is 8.54. The number of para-hydroxylation sites is 1. The van der Waals surface area contributed by atoms with E-state index in [-0.39, 0.29) is 18.1 Å². The summed E-state index contributed by atoms with van der Waals surface area (Å²) in [5.74, 6) is 0.727. The first kappa shape index (κ1) is 16.5. The molecule has 1 saturated heterocycles. The highest BCUT2D eigenvalue weighted by atomic mass is 32.1. The molecule has 2 atom stereocenters. The largest absolute Gasteiger partial charge is 0.461 e. The van der Waals surface area contributed by atoms with Crippen LogP contribution in [0.4, 0.5) is 5.69 Å². The molecule has 0 spiro atoms. The summed E-state index contributed by atoms with van der Waals surface area (Å²) in [5, 5.41) is 3.54. The van der Waals surface area contributed by atoms with Crippen LogP contribution >= 0.6 is 12.2 Å². The van der Waals surface area contributed by atoms with Gasteiger partial charge in [-0.15, -0.1) is 0 Å². The van der Waals surface area contributed by atoms with Gasteiger partial charge in [0.2, 0.25) is 0 Å². The van der Waals surface area contributed by atoms with E-state index < -0.39 is 0 Å². The molecule has 132 valence electrons. The fourth-order valence-electron chi connectivity index (χ4n) is 4.10. The van der Waals surface area contributed by atoms with Crippen molar-refractivity contribution in [1.82, 2.24) is 4.90 Å². The van der Waals surface area contributed by atoms with Crippen LogP contribution in [0, 0.1) is 0 Å². The van der Waals surface area contributed by atoms with E-state index in [1.54, 1.807) is 0 Å². The van der Waals surface area contributed by atoms with E-state index >= 15 is 0 Å². The van der Waals surface area contributed by atoms with Crippen LogP contribution in [0.2, 0.25) is 0 Å². The molecular weight excluding hydrogens is 334 g/mol. The minimum absolute atomic E-state index is 0.0462. The third-order valence-corrected chi connectivity index (χ3v) is 5.69. The molecule has 6 heteroatoms. The Morgan fingerprint density at radius 2 is 2.08 bits per heavy atom. The Morgan fingerprint density at radius 3 is 2.84 bits per heavy atom. The number of benzene rings is 1. The molecule has 0 radical (unpaired) electrons. The molecule has 25 heavy (non-hydrogen) atoms. The second-order valence-corrected chi connectivity index (χ2v) is 7.45. The Morgan fingerprint density at radius 1 is 1.32 bits per heavy atom. The maximum absolute atomic E-state index is 11.4. The highest BCUT2D eigenvalue weighted by Crippen LogP contribution is 2.32. The lowest BCUT2D eigenvalue weighted by Crippen LogP contribution is -2.40. The number of nitrogens with zero attached hydrogens (tertiary/aromatic N) is 2. The first-order valence-corrected chi connectivity index (χ1v) is 9.44. The number of aliphatic imine (C=N–C) groups is 1. The van der Waals surface area contributed by atoms with Crippen LogP contribution in [0.25, 0.3) is 0 Å². The van der Waals surface area contributed by atoms with Crippen molar-refractivity contribution >= 4 is 34.7 Å². The van der Waals surface area contributed by atoms with Gasteiger partial charge in [-0.2, -0.15) is 0 Å². The van der Waals surface area contributed by atoms with Crippen molar-refractivity contribution in [1.29, 1.82) is 0 Å². The van der Waals surface area contributed by atoms with Gasteiger partial charge in [0.05, 0.1) is 18.6 Å². The van der Waals surface area contributed by atoms with E-state index in [1.807, 2.05) is 18.2 Å². The van der Waals surface area contributed by atoms with Gasteiger partial charge in [-0.25, -0.2) is 0 Å². The molecule has 0 unspecified atom stereocenters. The van der Waals surface area contributed by atoms with E-state index in [4.69, 9.17) is 21.9 Å². The number of ether oxygens (including phenoxy) is 1. The van der Waals surface area contributed by atoms with Gasteiger partial charge in [0.1, 0.15) is 16.9 Å². The fraction of sp³-hybridized carbons (Fsp3) is 0.526. The average Bonchev–Trinajstić information content (AvgIpc) is 3.21. The standard InChI is InChI=1S/C19H23N3O2S/c1-12(23)24-14-10-17-18(20-13-6-2-3-7-13)21-16-9-5-4-8-15(16)19(25)22(17)11-14/h4-5,8-9,13-14,17H,2-3,6-7,10-11H2,1H3,(H,20,21)/t14-,17+/m1/s1. The predicted molar refractivity (Wildman–Crippen MR) is 102 cm³/mol. The summed E-state index contributed by atoms with van der Waals surface area (Å²) in [6.07, 6.45) is 5.39. The second-order valence-electron chi connectivity index (χ2n) is 7.06. The molecule has 2 fully saturated rings. The summed E-state index contributed by atoms with van der Waals surface area (Å²) in [4.78, 5) is 19.4. The molecule has 1 N–H and O–H groups in total. The van der Waals surface area contributed by atoms with Crippen molar-refractivity contribution in [2.24, 2.45) is 4.99 Å². The summed E-state index contributed by atoms with van der Waals surface area (Å²) >= 11 is 5.78. The van der Waals surface area contributed by atoms with Gasteiger partial charge in [0.15, 0.2) is 0 Å². The van der Waals surface area contributed by atoms with Crippen LogP contribution < -0.4 is 5.32 Å². The van der Waals surface area contributed by atoms with Crippen LogP contribution in [-0.2, 0) is 9.53 Å². The van der Waals surface area contributed by atoms with Crippen molar-refractivity contribution < 1.29 is 9.53 Å². The number of nitrogens with one attached hydrogen (secondary N) is 1. The molecule has 0 amide bonds. The number of anilines is 1. The Labute approximate surface area is 153 Å². The molecule has 5 nitrogen and oxygen atoms in total. The minimum atomic E-state index is -0.240. The molecule has 1 saturated carbocycles. The third-order valence-electron chi connectivity index (χ3n) is 5.24. The van der Waals surface area contributed by atoms with Gasteiger partial charge < -0.3 is 15.0 Å². The van der Waals surface area contributed by atoms with Gasteiger partial charge in [0.25, 0.3) is 0 Å². The zero-order valence-electron chi connectivity index (χ0n) is 14.4. The van der Waals surface area contributed by atoms with Crippen LogP contribution in [0.3, 0.4) is 0 Å². The molecule has 1 aliphatic carbocycles. The number of hydrogen-bond acceptors (Lipinski definition) is 4. The van der Waals surface area contributed by atoms with Gasteiger partial charge in [-0.1, -0.05) is 37.2 Å². The van der Waals surface area contributed by atoms with Crippen LogP contribution in [0.1, 0.15) is 44.6 Å². The second kappa shape index (κ2) is 6.75. The van der Waals surface area contributed by atoms with Crippen molar-refractivity contribution in [3.05, 3.63) is 29.8 Å². The summed E-state index contributed by atoms with van der Waals surface area (Å²) < 4.78 is 5.48. The predicted octanol–water partition coefficient (Wildman–Crippen LogP) is 3.13. The Bertz CT molecular complexity index is 727. The van der Waals surface area contributed by atoms with E-state index in [9.17, 15) is 4.79 Å². The van der Waals surface area contributed by atoms with Gasteiger partial charge in [0, 0.05) is 24.6 Å². The normalized spacial score (nSPS) is 27.6. The van der Waals surface area contributed by atoms with E-state index in [0.717, 1.165) is 41.3 Å². The zero-order chi connectivity index (χ0) is 17.4. The number of thiocarbonyl (C=S) groups is 1. The highest BCUT2D eigenvalue weighted by molar-refractivity contribution is 7.80. The molecule has 2 heterocycles. The van der Waals surface area contributed by atoms with Crippen LogP contribution in [0.15, 0.2) is 29.3 Å². The fourth-order valence-corrected chi connectivity index (χ4v) is 4.48. The molecule has 4 rings (SSSR count). The quantitative estimate of drug-likeness (QED) is 0.651. The van der Waals surface area contributed by atoms with Crippen molar-refractivity contribution in [2.45, 2.75) is 57.2 Å². The number of fused-ring (bicyclic) bond motifs is 2. The van der Waals surface area contributed by atoms with Crippen molar-refractivity contribution in [3.63, 3.8) is 0 Å². The molecular formula is C19H23N3O2S. The zero-order valence-corrected chi connectivity index (χ0v) is 15.2. The smallest absolute Gasteiger partial charge is 0.302 e. The monoisotopic (exact) mass is 357 g/mol. The SMILES string of the molecule is CC(=O)O[C@@H]1C[C@H]2C(=NC3CCCC3)Nc3ccccc3C(=S)N2C1. The van der Waals surface area contributed by atoms with Gasteiger partial charge >= 0.3 is 5.97 Å². The number of carbonyl (C=O) groups is 1. The maximum atomic E-state index is 11.4. The minimum Gasteiger partial charge on any atom is -0.461 e. The number of esters is 1. The number of hydrogen-bond donors (Lipinski definition) is 1. The third kappa shape index (κ3) is 3.27. The van der Waals surface area contributed by atoms with Crippen molar-refractivity contribution in [3.8, 4) is 0 Å². The summed E-state index contributed by atoms with van der Waals surface area (Å²) in [5.41, 5.74) is 2.03. The molecule has 1 aromatic rings. The topological polar surface area (TPSA) is 53.9 Å². The lowest BCUT2D eigenvalue weighted by Gasteiger charge is -2.25. The Kier molecular flexibility index (Phi) is 4.46. The van der Waals surface area contributed by atoms with Crippen LogP contribution in [0.5, 0.6) is 0 Å². The summed E-state index contributed by atoms with van der Waals surface area (Å²) in [7, 11) is 0. The lowest BCUT2D eigenvalue weighted by atomic mass is 10.1. The summed E-state index contributed by atoms with van der Waals surface area (Å²) in [6.45, 7) is 2.09. The van der Waals surface area contributed by atoms with E-state index in [0.29, 0.717) is 12.6 Å². The van der Waals surface area contributed by atoms with Gasteiger partial charge in [-0.3, -0.25) is 9.79 Å². The number of rotatable bonds is 2. The Hall–Kier alpha value is -1.95. The highest BCUT2D eigenvalue weighted by Gasteiger charge is 2.41. The first-order chi connectivity index (χ1) is 12.1. The van der Waals surface area contributed by atoms with Crippen LogP contribution in [-0.4, -0.2) is 46.4 Å². The molecule has 0 aromatic heterocycles. The average molecular weight is 357 g/mol. The van der Waals surface area contributed by atoms with E-state index in [2.05, 4.69) is 16.3 Å². The molecule has 2 aliphatic heterocycles. The maximum Gasteiger partial charge on any atom is 0.302 e. The number of carbonyl (C=O) groups excluding carboxylic acids is 1. The Balaban J connectivity index is 1.70. The van der Waals surface area contributed by atoms with Gasteiger partial charge in [-0.05, 0) is 25.0 Å². The van der Waals surface area contributed by atoms with E-state index in [1.165, 1.54) is 19.8 Å². The number of amidine groups is 1.